The summed E-state index contributed by atoms with van der Waals surface area (Å²) in [5.74, 6) is -0.212. The minimum absolute atomic E-state index is 0.0452. The predicted octanol–water partition coefficient (Wildman–Crippen LogP) is 4.62. The molecular weight excluding hydrogens is 412 g/mol. The first-order valence-electron chi connectivity index (χ1n) is 11.1. The van der Waals surface area contributed by atoms with E-state index in [0.717, 1.165) is 44.7 Å². The molecular formula is C24H29ClN4O2. The van der Waals surface area contributed by atoms with Gasteiger partial charge in [0.1, 0.15) is 0 Å². The molecule has 2 heterocycles. The van der Waals surface area contributed by atoms with Crippen LogP contribution in [0.2, 0.25) is 5.02 Å². The number of nitrogens with one attached hydrogen (secondary N) is 2. The maximum absolute atomic E-state index is 12.8. The van der Waals surface area contributed by atoms with E-state index in [1.807, 2.05) is 17.0 Å². The Kier molecular flexibility index (Phi) is 6.97. The summed E-state index contributed by atoms with van der Waals surface area (Å²) in [5, 5.41) is 6.52. The number of amides is 2. The van der Waals surface area contributed by atoms with Crippen LogP contribution in [0.5, 0.6) is 0 Å². The minimum Gasteiger partial charge on any atom is -0.375 e. The molecule has 0 aromatic heterocycles. The molecule has 2 aliphatic heterocycles. The number of anilines is 3. The van der Waals surface area contributed by atoms with Crippen molar-refractivity contribution in [3.63, 3.8) is 0 Å². The van der Waals surface area contributed by atoms with Gasteiger partial charge in [0.2, 0.25) is 5.91 Å². The summed E-state index contributed by atoms with van der Waals surface area (Å²) >= 11 is 6.13. The fourth-order valence-electron chi connectivity index (χ4n) is 4.23. The Balaban J connectivity index is 1.35. The van der Waals surface area contributed by atoms with E-state index in [4.69, 9.17) is 11.6 Å². The first-order chi connectivity index (χ1) is 15.1. The molecule has 0 radical (unpaired) electrons. The number of piperidine rings is 1. The molecule has 7 heteroatoms. The van der Waals surface area contributed by atoms with Crippen molar-refractivity contribution >= 4 is 40.5 Å². The van der Waals surface area contributed by atoms with Crippen molar-refractivity contribution in [2.75, 3.05) is 48.3 Å². The standard InChI is InChI=1S/C24H29ClN4O2/c25-18-6-11-22(21(16-18)24(31)29-14-4-5-15-29)26-17-23(30)27-19-7-9-20(10-8-19)28-12-2-1-3-13-28/h6-11,16,26H,1-5,12-15,17H2,(H,27,30). The third kappa shape index (κ3) is 5.50. The molecule has 31 heavy (non-hydrogen) atoms. The smallest absolute Gasteiger partial charge is 0.256 e. The number of nitrogens with zero attached hydrogens (tertiary/aromatic N) is 2. The first kappa shape index (κ1) is 21.5. The molecule has 0 bridgehead atoms. The van der Waals surface area contributed by atoms with Gasteiger partial charge < -0.3 is 20.4 Å². The zero-order chi connectivity index (χ0) is 21.6. The molecule has 2 aromatic carbocycles. The molecule has 0 unspecified atom stereocenters. The molecule has 2 fully saturated rings. The van der Waals surface area contributed by atoms with Gasteiger partial charge in [0.15, 0.2) is 0 Å². The zero-order valence-corrected chi connectivity index (χ0v) is 18.5. The average molecular weight is 441 g/mol. The van der Waals surface area contributed by atoms with Gasteiger partial charge in [0.05, 0.1) is 12.1 Å². The Morgan fingerprint density at radius 2 is 1.55 bits per heavy atom. The molecule has 0 atom stereocenters. The van der Waals surface area contributed by atoms with Crippen molar-refractivity contribution in [2.45, 2.75) is 32.1 Å². The fraction of sp³-hybridized carbons (Fsp3) is 0.417. The number of benzene rings is 2. The van der Waals surface area contributed by atoms with Gasteiger partial charge >= 0.3 is 0 Å². The van der Waals surface area contributed by atoms with Gasteiger partial charge in [-0.25, -0.2) is 0 Å². The molecule has 2 amide bonds. The molecule has 6 nitrogen and oxygen atoms in total. The van der Waals surface area contributed by atoms with Crippen LogP contribution in [-0.4, -0.2) is 49.4 Å². The highest BCUT2D eigenvalue weighted by molar-refractivity contribution is 6.31. The first-order valence-corrected chi connectivity index (χ1v) is 11.5. The van der Waals surface area contributed by atoms with Crippen molar-refractivity contribution in [3.05, 3.63) is 53.1 Å². The molecule has 2 aliphatic rings. The van der Waals surface area contributed by atoms with Crippen molar-refractivity contribution in [3.8, 4) is 0 Å². The molecule has 0 spiro atoms. The molecule has 2 aromatic rings. The number of hydrogen-bond acceptors (Lipinski definition) is 4. The molecule has 0 saturated carbocycles. The summed E-state index contributed by atoms with van der Waals surface area (Å²) in [6.45, 7) is 3.78. The Morgan fingerprint density at radius 1 is 0.871 bits per heavy atom. The SMILES string of the molecule is O=C(CNc1ccc(Cl)cc1C(=O)N1CCCC1)Nc1ccc(N2CCCCC2)cc1. The van der Waals surface area contributed by atoms with E-state index in [-0.39, 0.29) is 18.4 Å². The lowest BCUT2D eigenvalue weighted by atomic mass is 10.1. The highest BCUT2D eigenvalue weighted by atomic mass is 35.5. The molecule has 2 saturated heterocycles. The highest BCUT2D eigenvalue weighted by Gasteiger charge is 2.22. The van der Waals surface area contributed by atoms with E-state index in [1.54, 1.807) is 18.2 Å². The van der Waals surface area contributed by atoms with Gasteiger partial charge in [0, 0.05) is 48.3 Å². The quantitative estimate of drug-likeness (QED) is 0.688. The van der Waals surface area contributed by atoms with E-state index < -0.39 is 0 Å². The van der Waals surface area contributed by atoms with Crippen LogP contribution in [0.15, 0.2) is 42.5 Å². The summed E-state index contributed by atoms with van der Waals surface area (Å²) in [7, 11) is 0. The zero-order valence-electron chi connectivity index (χ0n) is 17.7. The van der Waals surface area contributed by atoms with Crippen molar-refractivity contribution in [1.82, 2.24) is 4.90 Å². The fourth-order valence-corrected chi connectivity index (χ4v) is 4.40. The normalized spacial score (nSPS) is 16.3. The van der Waals surface area contributed by atoms with E-state index in [9.17, 15) is 9.59 Å². The van der Waals surface area contributed by atoms with Crippen LogP contribution in [0, 0.1) is 0 Å². The lowest BCUT2D eigenvalue weighted by Crippen LogP contribution is -2.29. The predicted molar refractivity (Wildman–Crippen MR) is 126 cm³/mol. The van der Waals surface area contributed by atoms with Gasteiger partial charge in [-0.05, 0) is 74.6 Å². The number of hydrogen-bond donors (Lipinski definition) is 2. The number of carbonyl (C=O) groups is 2. The van der Waals surface area contributed by atoms with Crippen molar-refractivity contribution in [2.24, 2.45) is 0 Å². The maximum atomic E-state index is 12.8. The van der Waals surface area contributed by atoms with E-state index >= 15 is 0 Å². The Labute approximate surface area is 188 Å². The summed E-state index contributed by atoms with van der Waals surface area (Å²) in [4.78, 5) is 29.5. The van der Waals surface area contributed by atoms with Crippen LogP contribution < -0.4 is 15.5 Å². The third-order valence-corrected chi connectivity index (χ3v) is 6.15. The van der Waals surface area contributed by atoms with Crippen LogP contribution in [0.1, 0.15) is 42.5 Å². The van der Waals surface area contributed by atoms with Gasteiger partial charge in [0.25, 0.3) is 5.91 Å². The molecule has 164 valence electrons. The van der Waals surface area contributed by atoms with Crippen LogP contribution in [0.3, 0.4) is 0 Å². The van der Waals surface area contributed by atoms with Crippen LogP contribution in [0.25, 0.3) is 0 Å². The van der Waals surface area contributed by atoms with Gasteiger partial charge in [-0.15, -0.1) is 0 Å². The number of likely N-dealkylation sites (tertiary alicyclic amines) is 1. The van der Waals surface area contributed by atoms with Gasteiger partial charge in [-0.2, -0.15) is 0 Å². The second kappa shape index (κ2) is 10.1. The Bertz CT molecular complexity index is 920. The number of carbonyl (C=O) groups excluding carboxylic acids is 2. The second-order valence-corrected chi connectivity index (χ2v) is 8.62. The molecule has 0 aliphatic carbocycles. The van der Waals surface area contributed by atoms with Crippen molar-refractivity contribution < 1.29 is 9.59 Å². The summed E-state index contributed by atoms with van der Waals surface area (Å²) in [5.41, 5.74) is 3.09. The monoisotopic (exact) mass is 440 g/mol. The Hall–Kier alpha value is -2.73. The second-order valence-electron chi connectivity index (χ2n) is 8.19. The van der Waals surface area contributed by atoms with E-state index in [2.05, 4.69) is 27.7 Å². The third-order valence-electron chi connectivity index (χ3n) is 5.92. The Morgan fingerprint density at radius 3 is 2.26 bits per heavy atom. The minimum atomic E-state index is -0.166. The summed E-state index contributed by atoms with van der Waals surface area (Å²) in [6.07, 6.45) is 5.81. The maximum Gasteiger partial charge on any atom is 0.256 e. The summed E-state index contributed by atoms with van der Waals surface area (Å²) in [6, 6.07) is 13.1. The topological polar surface area (TPSA) is 64.7 Å². The van der Waals surface area contributed by atoms with Crippen LogP contribution >= 0.6 is 11.6 Å². The molecule has 2 N–H and O–H groups in total. The summed E-state index contributed by atoms with van der Waals surface area (Å²) < 4.78 is 0. The largest absolute Gasteiger partial charge is 0.375 e. The molecule has 4 rings (SSSR count). The van der Waals surface area contributed by atoms with Gasteiger partial charge in [-0.1, -0.05) is 11.6 Å². The van der Waals surface area contributed by atoms with Crippen molar-refractivity contribution in [1.29, 1.82) is 0 Å². The number of halogens is 1. The van der Waals surface area contributed by atoms with Crippen LogP contribution in [-0.2, 0) is 4.79 Å². The van der Waals surface area contributed by atoms with Crippen LogP contribution in [0.4, 0.5) is 17.1 Å². The lowest BCUT2D eigenvalue weighted by Gasteiger charge is -2.28. The van der Waals surface area contributed by atoms with E-state index in [0.29, 0.717) is 16.3 Å². The number of rotatable bonds is 6. The van der Waals surface area contributed by atoms with Gasteiger partial charge in [-0.3, -0.25) is 9.59 Å². The van der Waals surface area contributed by atoms with E-state index in [1.165, 1.54) is 24.9 Å². The lowest BCUT2D eigenvalue weighted by molar-refractivity contribution is -0.114. The average Bonchev–Trinajstić information content (AvgIpc) is 3.34. The highest BCUT2D eigenvalue weighted by Crippen LogP contribution is 2.24.